The van der Waals surface area contributed by atoms with E-state index in [1.807, 2.05) is 12.1 Å². The molecule has 0 aromatic carbocycles. The quantitative estimate of drug-likeness (QED) is 0.819. The fourth-order valence-corrected chi connectivity index (χ4v) is 3.24. The molecular weight excluding hydrogens is 224 g/mol. The lowest BCUT2D eigenvalue weighted by Gasteiger charge is -2.48. The van der Waals surface area contributed by atoms with Crippen LogP contribution in [0.2, 0.25) is 0 Å². The van der Waals surface area contributed by atoms with Gasteiger partial charge in [-0.3, -0.25) is 4.90 Å². The number of nitrogen functional groups attached to an aromatic ring is 1. The van der Waals surface area contributed by atoms with Crippen LogP contribution in [0.5, 0.6) is 0 Å². The molecular formula is C14H22N4. The van der Waals surface area contributed by atoms with Crippen molar-refractivity contribution in [2.75, 3.05) is 30.3 Å². The fourth-order valence-electron chi connectivity index (χ4n) is 3.24. The Balaban J connectivity index is 1.77. The highest BCUT2D eigenvalue weighted by Gasteiger charge is 2.33. The zero-order chi connectivity index (χ0) is 12.5. The van der Waals surface area contributed by atoms with Gasteiger partial charge in [-0.1, -0.05) is 6.42 Å². The van der Waals surface area contributed by atoms with E-state index in [4.69, 9.17) is 5.73 Å². The summed E-state index contributed by atoms with van der Waals surface area (Å²) in [6, 6.07) is 5.25. The van der Waals surface area contributed by atoms with E-state index in [2.05, 4.69) is 21.7 Å². The third-order valence-corrected chi connectivity index (χ3v) is 4.25. The third-order valence-electron chi connectivity index (χ3n) is 4.25. The summed E-state index contributed by atoms with van der Waals surface area (Å²) in [7, 11) is 0. The maximum absolute atomic E-state index is 5.71. The number of hydrogen-bond acceptors (Lipinski definition) is 4. The normalized spacial score (nSPS) is 29.1. The summed E-state index contributed by atoms with van der Waals surface area (Å²) in [5.41, 5.74) is 6.45. The Morgan fingerprint density at radius 3 is 2.94 bits per heavy atom. The van der Waals surface area contributed by atoms with Gasteiger partial charge in [0.15, 0.2) is 0 Å². The SMILES string of the molecule is CC1CN2CCCCC2CN1c1ccc(N)cn1. The van der Waals surface area contributed by atoms with Gasteiger partial charge in [0.2, 0.25) is 0 Å². The van der Waals surface area contributed by atoms with Crippen molar-refractivity contribution in [1.29, 1.82) is 0 Å². The highest BCUT2D eigenvalue weighted by molar-refractivity contribution is 5.47. The number of aromatic nitrogens is 1. The highest BCUT2D eigenvalue weighted by Crippen LogP contribution is 2.27. The van der Waals surface area contributed by atoms with Crippen molar-refractivity contribution in [2.24, 2.45) is 0 Å². The average Bonchev–Trinajstić information content (AvgIpc) is 2.39. The molecule has 3 heterocycles. The number of fused-ring (bicyclic) bond motifs is 1. The summed E-state index contributed by atoms with van der Waals surface area (Å²) in [4.78, 5) is 9.56. The van der Waals surface area contributed by atoms with Gasteiger partial charge in [-0.25, -0.2) is 4.98 Å². The van der Waals surface area contributed by atoms with Crippen molar-refractivity contribution in [2.45, 2.75) is 38.3 Å². The molecule has 3 rings (SSSR count). The van der Waals surface area contributed by atoms with Crippen LogP contribution < -0.4 is 10.6 Å². The molecule has 2 aliphatic heterocycles. The van der Waals surface area contributed by atoms with Crippen LogP contribution in [0, 0.1) is 0 Å². The number of piperidine rings is 1. The molecule has 0 spiro atoms. The van der Waals surface area contributed by atoms with E-state index >= 15 is 0 Å². The summed E-state index contributed by atoms with van der Waals surface area (Å²) >= 11 is 0. The minimum atomic E-state index is 0.537. The fraction of sp³-hybridized carbons (Fsp3) is 0.643. The first kappa shape index (κ1) is 11.8. The van der Waals surface area contributed by atoms with Gasteiger partial charge in [0.1, 0.15) is 5.82 Å². The molecule has 1 aromatic rings. The van der Waals surface area contributed by atoms with Gasteiger partial charge >= 0.3 is 0 Å². The van der Waals surface area contributed by atoms with Crippen LogP contribution in [0.25, 0.3) is 0 Å². The molecule has 0 radical (unpaired) electrons. The summed E-state index contributed by atoms with van der Waals surface area (Å²) in [5.74, 6) is 1.07. The van der Waals surface area contributed by atoms with Crippen LogP contribution in [-0.2, 0) is 0 Å². The molecule has 4 heteroatoms. The number of pyridine rings is 1. The van der Waals surface area contributed by atoms with Gasteiger partial charge in [0, 0.05) is 25.2 Å². The number of rotatable bonds is 1. The number of nitrogens with zero attached hydrogens (tertiary/aromatic N) is 3. The van der Waals surface area contributed by atoms with Crippen molar-refractivity contribution >= 4 is 11.5 Å². The Bertz CT molecular complexity index is 403. The first-order valence-corrected chi connectivity index (χ1v) is 6.96. The molecule has 2 unspecified atom stereocenters. The summed E-state index contributed by atoms with van der Waals surface area (Å²) in [6.45, 7) is 5.84. The Labute approximate surface area is 109 Å². The minimum absolute atomic E-state index is 0.537. The van der Waals surface area contributed by atoms with Crippen LogP contribution >= 0.6 is 0 Å². The molecule has 2 saturated heterocycles. The third kappa shape index (κ3) is 2.17. The molecule has 2 fully saturated rings. The molecule has 98 valence electrons. The molecule has 4 nitrogen and oxygen atoms in total. The molecule has 1 aromatic heterocycles. The molecule has 0 aliphatic carbocycles. The first-order valence-electron chi connectivity index (χ1n) is 6.96. The Morgan fingerprint density at radius 1 is 1.28 bits per heavy atom. The minimum Gasteiger partial charge on any atom is -0.397 e. The predicted molar refractivity (Wildman–Crippen MR) is 74.7 cm³/mol. The molecule has 18 heavy (non-hydrogen) atoms. The summed E-state index contributed by atoms with van der Waals surface area (Å²) < 4.78 is 0. The molecule has 0 bridgehead atoms. The van der Waals surface area contributed by atoms with E-state index in [0.29, 0.717) is 12.1 Å². The number of anilines is 2. The van der Waals surface area contributed by atoms with Crippen LogP contribution in [0.3, 0.4) is 0 Å². The largest absolute Gasteiger partial charge is 0.397 e. The Hall–Kier alpha value is -1.29. The first-order chi connectivity index (χ1) is 8.74. The van der Waals surface area contributed by atoms with Crippen LogP contribution in [-0.4, -0.2) is 41.6 Å². The number of nitrogens with two attached hydrogens (primary N) is 1. The van der Waals surface area contributed by atoms with E-state index in [1.54, 1.807) is 6.20 Å². The summed E-state index contributed by atoms with van der Waals surface area (Å²) in [5, 5.41) is 0. The van der Waals surface area contributed by atoms with Gasteiger partial charge in [0.25, 0.3) is 0 Å². The van der Waals surface area contributed by atoms with E-state index in [1.165, 1.54) is 25.8 Å². The van der Waals surface area contributed by atoms with Crippen molar-refractivity contribution in [3.05, 3.63) is 18.3 Å². The zero-order valence-electron chi connectivity index (χ0n) is 11.0. The van der Waals surface area contributed by atoms with E-state index in [9.17, 15) is 0 Å². The Morgan fingerprint density at radius 2 is 2.17 bits per heavy atom. The Kier molecular flexibility index (Phi) is 3.12. The van der Waals surface area contributed by atoms with Crippen LogP contribution in [0.15, 0.2) is 18.3 Å². The van der Waals surface area contributed by atoms with Gasteiger partial charge < -0.3 is 10.6 Å². The predicted octanol–water partition coefficient (Wildman–Crippen LogP) is 1.73. The molecule has 0 amide bonds. The smallest absolute Gasteiger partial charge is 0.128 e. The van der Waals surface area contributed by atoms with Crippen LogP contribution in [0.4, 0.5) is 11.5 Å². The maximum Gasteiger partial charge on any atom is 0.128 e. The molecule has 2 atom stereocenters. The lowest BCUT2D eigenvalue weighted by molar-refractivity contribution is 0.115. The van der Waals surface area contributed by atoms with Gasteiger partial charge in [0.05, 0.1) is 11.9 Å². The van der Waals surface area contributed by atoms with Crippen molar-refractivity contribution in [3.8, 4) is 0 Å². The molecule has 0 saturated carbocycles. The van der Waals surface area contributed by atoms with E-state index in [-0.39, 0.29) is 0 Å². The second kappa shape index (κ2) is 4.76. The lowest BCUT2D eigenvalue weighted by Crippen LogP contribution is -2.59. The monoisotopic (exact) mass is 246 g/mol. The zero-order valence-corrected chi connectivity index (χ0v) is 11.0. The second-order valence-electron chi connectivity index (χ2n) is 5.60. The number of piperazine rings is 1. The molecule has 2 N–H and O–H groups in total. The summed E-state index contributed by atoms with van der Waals surface area (Å²) in [6.07, 6.45) is 5.83. The van der Waals surface area contributed by atoms with E-state index in [0.717, 1.165) is 24.6 Å². The molecule has 2 aliphatic rings. The maximum atomic E-state index is 5.71. The highest BCUT2D eigenvalue weighted by atomic mass is 15.3. The average molecular weight is 246 g/mol. The van der Waals surface area contributed by atoms with Crippen LogP contribution in [0.1, 0.15) is 26.2 Å². The van der Waals surface area contributed by atoms with Crippen molar-refractivity contribution in [3.63, 3.8) is 0 Å². The van der Waals surface area contributed by atoms with E-state index < -0.39 is 0 Å². The van der Waals surface area contributed by atoms with Crippen molar-refractivity contribution in [1.82, 2.24) is 9.88 Å². The van der Waals surface area contributed by atoms with Gasteiger partial charge in [-0.05, 0) is 38.4 Å². The van der Waals surface area contributed by atoms with Crippen molar-refractivity contribution < 1.29 is 0 Å². The van der Waals surface area contributed by atoms with Gasteiger partial charge in [-0.15, -0.1) is 0 Å². The van der Waals surface area contributed by atoms with Gasteiger partial charge in [-0.2, -0.15) is 0 Å². The topological polar surface area (TPSA) is 45.4 Å². The second-order valence-corrected chi connectivity index (χ2v) is 5.60. The lowest BCUT2D eigenvalue weighted by atomic mass is 9.97. The number of hydrogen-bond donors (Lipinski definition) is 1. The standard InChI is InChI=1S/C14H22N4/c1-11-9-17-7-3-2-4-13(17)10-18(11)14-6-5-12(15)8-16-14/h5-6,8,11,13H,2-4,7,9-10,15H2,1H3.